The van der Waals surface area contributed by atoms with Crippen molar-refractivity contribution < 1.29 is 13.2 Å². The third-order valence-electron chi connectivity index (χ3n) is 3.32. The number of carbonyl (C=O) groups excluding carboxylic acids is 1. The van der Waals surface area contributed by atoms with Crippen LogP contribution in [0.3, 0.4) is 0 Å². The minimum atomic E-state index is -3.19. The topological polar surface area (TPSA) is 89.3 Å². The van der Waals surface area contributed by atoms with Crippen LogP contribution in [0.15, 0.2) is 29.2 Å². The van der Waals surface area contributed by atoms with E-state index in [9.17, 15) is 13.2 Å². The van der Waals surface area contributed by atoms with Gasteiger partial charge in [-0.25, -0.2) is 8.42 Å². The summed E-state index contributed by atoms with van der Waals surface area (Å²) in [7, 11) is -3.19. The fraction of sp³-hybridized carbons (Fsp3) is 0.500. The third kappa shape index (κ3) is 4.31. The zero-order valence-electron chi connectivity index (χ0n) is 12.1. The van der Waals surface area contributed by atoms with Crippen LogP contribution in [0.25, 0.3) is 0 Å². The molecule has 6 heteroatoms. The molecule has 20 heavy (non-hydrogen) atoms. The Kier molecular flexibility index (Phi) is 5.71. The van der Waals surface area contributed by atoms with E-state index in [0.717, 1.165) is 5.56 Å². The van der Waals surface area contributed by atoms with Crippen molar-refractivity contribution in [2.24, 2.45) is 11.7 Å². The van der Waals surface area contributed by atoms with E-state index in [0.29, 0.717) is 13.0 Å². The highest BCUT2D eigenvalue weighted by Crippen LogP contribution is 2.17. The van der Waals surface area contributed by atoms with Crippen LogP contribution in [0.5, 0.6) is 0 Å². The monoisotopic (exact) mass is 298 g/mol. The van der Waals surface area contributed by atoms with Gasteiger partial charge < -0.3 is 11.1 Å². The van der Waals surface area contributed by atoms with Crippen LogP contribution in [0.2, 0.25) is 0 Å². The second-order valence-corrected chi connectivity index (χ2v) is 6.93. The molecule has 0 aliphatic carbocycles. The highest BCUT2D eigenvalue weighted by Gasteiger charge is 2.17. The fourth-order valence-corrected chi connectivity index (χ4v) is 2.51. The van der Waals surface area contributed by atoms with Gasteiger partial charge in [0.2, 0.25) is 5.91 Å². The molecule has 3 N–H and O–H groups in total. The summed E-state index contributed by atoms with van der Waals surface area (Å²) in [6, 6.07) is 6.34. The van der Waals surface area contributed by atoms with Gasteiger partial charge in [-0.05, 0) is 31.0 Å². The Morgan fingerprint density at radius 1 is 1.30 bits per heavy atom. The van der Waals surface area contributed by atoms with E-state index in [1.54, 1.807) is 24.3 Å². The molecule has 0 radical (unpaired) electrons. The number of hydrogen-bond acceptors (Lipinski definition) is 4. The van der Waals surface area contributed by atoms with Crippen LogP contribution in [-0.2, 0) is 14.6 Å². The first-order valence-electron chi connectivity index (χ1n) is 6.60. The van der Waals surface area contributed by atoms with Crippen LogP contribution in [0.4, 0.5) is 0 Å². The number of benzene rings is 1. The molecular weight excluding hydrogens is 276 g/mol. The van der Waals surface area contributed by atoms with E-state index >= 15 is 0 Å². The number of hydrogen-bond donors (Lipinski definition) is 2. The molecule has 2 atom stereocenters. The summed E-state index contributed by atoms with van der Waals surface area (Å²) in [6.07, 6.45) is 1.86. The lowest BCUT2D eigenvalue weighted by Crippen LogP contribution is -2.36. The lowest BCUT2D eigenvalue weighted by atomic mass is 10.0. The predicted molar refractivity (Wildman–Crippen MR) is 78.9 cm³/mol. The number of amides is 1. The van der Waals surface area contributed by atoms with E-state index in [-0.39, 0.29) is 22.8 Å². The first-order valence-corrected chi connectivity index (χ1v) is 8.49. The summed E-state index contributed by atoms with van der Waals surface area (Å²) >= 11 is 0. The van der Waals surface area contributed by atoms with Gasteiger partial charge in [-0.1, -0.05) is 19.1 Å². The second-order valence-electron chi connectivity index (χ2n) is 4.91. The molecule has 0 bridgehead atoms. The predicted octanol–water partition coefficient (Wildman–Crippen LogP) is 1.25. The lowest BCUT2D eigenvalue weighted by molar-refractivity contribution is -0.125. The normalized spacial score (nSPS) is 14.6. The van der Waals surface area contributed by atoms with Crippen LogP contribution < -0.4 is 11.1 Å². The van der Waals surface area contributed by atoms with Gasteiger partial charge in [0.25, 0.3) is 0 Å². The summed E-state index contributed by atoms with van der Waals surface area (Å²) in [4.78, 5) is 12.2. The smallest absolute Gasteiger partial charge is 0.224 e. The Labute approximate surface area is 120 Å². The van der Waals surface area contributed by atoms with E-state index in [4.69, 9.17) is 5.73 Å². The Hall–Kier alpha value is -1.40. The van der Waals surface area contributed by atoms with Gasteiger partial charge in [0.15, 0.2) is 9.84 Å². The molecule has 112 valence electrons. The average Bonchev–Trinajstić information content (AvgIpc) is 2.39. The Morgan fingerprint density at radius 2 is 1.85 bits per heavy atom. The highest BCUT2D eigenvalue weighted by atomic mass is 32.2. The Morgan fingerprint density at radius 3 is 2.25 bits per heavy atom. The molecule has 0 saturated carbocycles. The highest BCUT2D eigenvalue weighted by molar-refractivity contribution is 7.90. The maximum Gasteiger partial charge on any atom is 0.224 e. The Bertz CT molecular complexity index is 548. The largest absolute Gasteiger partial charge is 0.349 e. The van der Waals surface area contributed by atoms with Crippen molar-refractivity contribution in [3.8, 4) is 0 Å². The number of sulfone groups is 1. The molecule has 1 amide bonds. The molecule has 0 saturated heterocycles. The second kappa shape index (κ2) is 6.85. The molecule has 0 heterocycles. The van der Waals surface area contributed by atoms with E-state index in [2.05, 4.69) is 5.32 Å². The van der Waals surface area contributed by atoms with Gasteiger partial charge in [-0.2, -0.15) is 0 Å². The molecule has 1 rings (SSSR count). The maximum atomic E-state index is 11.9. The van der Waals surface area contributed by atoms with Crippen molar-refractivity contribution >= 4 is 15.7 Å². The van der Waals surface area contributed by atoms with Crippen molar-refractivity contribution in [1.29, 1.82) is 0 Å². The van der Waals surface area contributed by atoms with Gasteiger partial charge in [-0.3, -0.25) is 4.79 Å². The summed E-state index contributed by atoms with van der Waals surface area (Å²) in [6.45, 7) is 4.10. The Balaban J connectivity index is 2.78. The van der Waals surface area contributed by atoms with Gasteiger partial charge in [0, 0.05) is 18.7 Å². The van der Waals surface area contributed by atoms with Gasteiger partial charge >= 0.3 is 0 Å². The number of nitrogens with one attached hydrogen (secondary N) is 1. The van der Waals surface area contributed by atoms with Crippen LogP contribution in [-0.4, -0.2) is 27.1 Å². The summed E-state index contributed by atoms with van der Waals surface area (Å²) in [5.74, 6) is -0.262. The molecule has 1 aromatic rings. The van der Waals surface area contributed by atoms with Crippen molar-refractivity contribution in [3.63, 3.8) is 0 Å². The van der Waals surface area contributed by atoms with Gasteiger partial charge in [0.05, 0.1) is 10.9 Å². The van der Waals surface area contributed by atoms with Crippen molar-refractivity contribution in [2.45, 2.75) is 31.2 Å². The first kappa shape index (κ1) is 16.7. The standard InChI is InChI=1S/C14H22N2O3S/c1-4-11(9-15)14(17)16-10(2)12-5-7-13(8-6-12)20(3,18)19/h5-8,10-11H,4,9,15H2,1-3H3,(H,16,17). The molecule has 0 aliphatic rings. The van der Waals surface area contributed by atoms with Crippen molar-refractivity contribution in [2.75, 3.05) is 12.8 Å². The minimum absolute atomic E-state index is 0.0744. The zero-order chi connectivity index (χ0) is 15.3. The SMILES string of the molecule is CCC(CN)C(=O)NC(C)c1ccc(S(C)(=O)=O)cc1. The molecule has 1 aromatic carbocycles. The fourth-order valence-electron chi connectivity index (χ4n) is 1.88. The molecular formula is C14H22N2O3S. The number of carbonyl (C=O) groups is 1. The molecule has 0 aromatic heterocycles. The number of rotatable bonds is 6. The summed E-state index contributed by atoms with van der Waals surface area (Å²) in [5.41, 5.74) is 6.40. The molecule has 0 aliphatic heterocycles. The first-order chi connectivity index (χ1) is 9.29. The molecule has 2 unspecified atom stereocenters. The quantitative estimate of drug-likeness (QED) is 0.827. The molecule has 0 fully saturated rings. The van der Waals surface area contributed by atoms with Crippen LogP contribution in [0, 0.1) is 5.92 Å². The van der Waals surface area contributed by atoms with E-state index in [1.807, 2.05) is 13.8 Å². The molecule has 5 nitrogen and oxygen atoms in total. The van der Waals surface area contributed by atoms with Crippen LogP contribution in [0.1, 0.15) is 31.9 Å². The average molecular weight is 298 g/mol. The van der Waals surface area contributed by atoms with Gasteiger partial charge in [0.1, 0.15) is 0 Å². The molecule has 0 spiro atoms. The minimum Gasteiger partial charge on any atom is -0.349 e. The van der Waals surface area contributed by atoms with Crippen molar-refractivity contribution in [3.05, 3.63) is 29.8 Å². The maximum absolute atomic E-state index is 11.9. The zero-order valence-corrected chi connectivity index (χ0v) is 12.9. The summed E-state index contributed by atoms with van der Waals surface area (Å²) < 4.78 is 22.8. The van der Waals surface area contributed by atoms with E-state index < -0.39 is 9.84 Å². The lowest BCUT2D eigenvalue weighted by Gasteiger charge is -2.18. The van der Waals surface area contributed by atoms with Crippen LogP contribution >= 0.6 is 0 Å². The van der Waals surface area contributed by atoms with Crippen molar-refractivity contribution in [1.82, 2.24) is 5.32 Å². The number of nitrogens with two attached hydrogens (primary N) is 1. The van der Waals surface area contributed by atoms with Gasteiger partial charge in [-0.15, -0.1) is 0 Å². The third-order valence-corrected chi connectivity index (χ3v) is 4.44. The van der Waals surface area contributed by atoms with E-state index in [1.165, 1.54) is 6.26 Å². The summed E-state index contributed by atoms with van der Waals surface area (Å²) in [5, 5.41) is 2.89.